The molecule has 0 aromatic carbocycles. The number of aryl methyl sites for hydroxylation is 4. The van der Waals surface area contributed by atoms with Crippen molar-refractivity contribution in [2.75, 3.05) is 5.32 Å². The third-order valence-corrected chi connectivity index (χ3v) is 5.05. The van der Waals surface area contributed by atoms with Gasteiger partial charge in [-0.1, -0.05) is 0 Å². The number of fused-ring (bicyclic) bond motifs is 1. The highest BCUT2D eigenvalue weighted by Gasteiger charge is 2.18. The van der Waals surface area contributed by atoms with Crippen LogP contribution < -0.4 is 5.32 Å². The number of pyridine rings is 1. The maximum absolute atomic E-state index is 9.36. The van der Waals surface area contributed by atoms with Crippen molar-refractivity contribution in [3.05, 3.63) is 44.3 Å². The number of thiophene rings is 1. The van der Waals surface area contributed by atoms with Gasteiger partial charge in [0.15, 0.2) is 0 Å². The lowest BCUT2D eigenvalue weighted by molar-refractivity contribution is 0.862. The SMILES string of the molecule is Cc1cc(C(C)Nc2nc3c(cc2C#N)CCC3)c(C)s1. The molecular weight excluding hydrogens is 278 g/mol. The van der Waals surface area contributed by atoms with Gasteiger partial charge in [-0.15, -0.1) is 11.3 Å². The van der Waals surface area contributed by atoms with Gasteiger partial charge in [-0.3, -0.25) is 0 Å². The second-order valence-corrected chi connectivity index (χ2v) is 7.15. The van der Waals surface area contributed by atoms with Crippen LogP contribution in [0.25, 0.3) is 0 Å². The summed E-state index contributed by atoms with van der Waals surface area (Å²) in [6.07, 6.45) is 3.23. The molecule has 2 aromatic heterocycles. The number of nitrogens with one attached hydrogen (secondary N) is 1. The second kappa shape index (κ2) is 5.50. The van der Waals surface area contributed by atoms with E-state index in [-0.39, 0.29) is 6.04 Å². The van der Waals surface area contributed by atoms with Gasteiger partial charge in [0.05, 0.1) is 11.6 Å². The first-order valence-corrected chi connectivity index (χ1v) is 8.16. The summed E-state index contributed by atoms with van der Waals surface area (Å²) in [5, 5.41) is 12.8. The molecule has 1 N–H and O–H groups in total. The minimum absolute atomic E-state index is 0.161. The van der Waals surface area contributed by atoms with Crippen LogP contribution >= 0.6 is 11.3 Å². The number of nitrogens with zero attached hydrogens (tertiary/aromatic N) is 2. The Kier molecular flexibility index (Phi) is 3.69. The average molecular weight is 297 g/mol. The summed E-state index contributed by atoms with van der Waals surface area (Å²) in [7, 11) is 0. The molecular formula is C17H19N3S. The summed E-state index contributed by atoms with van der Waals surface area (Å²) < 4.78 is 0. The molecule has 0 radical (unpaired) electrons. The van der Waals surface area contributed by atoms with Crippen molar-refractivity contribution in [1.82, 2.24) is 4.98 Å². The summed E-state index contributed by atoms with van der Waals surface area (Å²) >= 11 is 1.81. The number of nitriles is 1. The van der Waals surface area contributed by atoms with Crippen molar-refractivity contribution in [1.29, 1.82) is 5.26 Å². The fraction of sp³-hybridized carbons (Fsp3) is 0.412. The number of hydrogen-bond acceptors (Lipinski definition) is 4. The normalized spacial score (nSPS) is 14.6. The van der Waals surface area contributed by atoms with Crippen LogP contribution in [0.4, 0.5) is 5.82 Å². The quantitative estimate of drug-likeness (QED) is 0.919. The predicted molar refractivity (Wildman–Crippen MR) is 86.8 cm³/mol. The standard InChI is InChI=1S/C17H19N3S/c1-10-7-15(12(3)21-10)11(2)19-17-14(9-18)8-13-5-4-6-16(13)20-17/h7-8,11H,4-6H2,1-3H3,(H,19,20). The molecule has 0 spiro atoms. The molecule has 0 aliphatic heterocycles. The Hall–Kier alpha value is -1.86. The van der Waals surface area contributed by atoms with Gasteiger partial charge < -0.3 is 5.32 Å². The van der Waals surface area contributed by atoms with E-state index in [2.05, 4.69) is 38.2 Å². The van der Waals surface area contributed by atoms with E-state index >= 15 is 0 Å². The Bertz CT molecular complexity index is 724. The number of anilines is 1. The third-order valence-electron chi connectivity index (χ3n) is 4.07. The molecule has 1 aliphatic rings. The molecule has 2 heterocycles. The molecule has 21 heavy (non-hydrogen) atoms. The van der Waals surface area contributed by atoms with Gasteiger partial charge in [0, 0.05) is 15.4 Å². The van der Waals surface area contributed by atoms with Crippen molar-refractivity contribution in [2.45, 2.75) is 46.1 Å². The summed E-state index contributed by atoms with van der Waals surface area (Å²) in [5.41, 5.74) is 4.35. The zero-order valence-corrected chi connectivity index (χ0v) is 13.5. The van der Waals surface area contributed by atoms with E-state index in [4.69, 9.17) is 4.98 Å². The first-order valence-electron chi connectivity index (χ1n) is 7.35. The van der Waals surface area contributed by atoms with Crippen molar-refractivity contribution in [3.8, 4) is 6.07 Å². The zero-order chi connectivity index (χ0) is 15.0. The minimum atomic E-state index is 0.161. The fourth-order valence-electron chi connectivity index (χ4n) is 3.03. The number of hydrogen-bond donors (Lipinski definition) is 1. The molecule has 0 saturated carbocycles. The van der Waals surface area contributed by atoms with Crippen molar-refractivity contribution in [2.24, 2.45) is 0 Å². The van der Waals surface area contributed by atoms with E-state index in [0.717, 1.165) is 30.8 Å². The molecule has 2 aromatic rings. The zero-order valence-electron chi connectivity index (χ0n) is 12.7. The lowest BCUT2D eigenvalue weighted by atomic mass is 10.1. The summed E-state index contributed by atoms with van der Waals surface area (Å²) in [4.78, 5) is 7.34. The lowest BCUT2D eigenvalue weighted by Crippen LogP contribution is -2.10. The van der Waals surface area contributed by atoms with Gasteiger partial charge in [0.1, 0.15) is 11.9 Å². The van der Waals surface area contributed by atoms with Crippen LogP contribution in [0.15, 0.2) is 12.1 Å². The van der Waals surface area contributed by atoms with Gasteiger partial charge in [-0.05, 0) is 63.3 Å². The molecule has 0 amide bonds. The van der Waals surface area contributed by atoms with E-state index in [9.17, 15) is 5.26 Å². The first kappa shape index (κ1) is 14.1. The monoisotopic (exact) mass is 297 g/mol. The molecule has 3 nitrogen and oxygen atoms in total. The summed E-state index contributed by atoms with van der Waals surface area (Å²) in [6.45, 7) is 6.40. The van der Waals surface area contributed by atoms with Gasteiger partial charge in [-0.2, -0.15) is 5.26 Å². The van der Waals surface area contributed by atoms with Crippen molar-refractivity contribution >= 4 is 17.2 Å². The number of rotatable bonds is 3. The highest BCUT2D eigenvalue weighted by atomic mass is 32.1. The van der Waals surface area contributed by atoms with Crippen molar-refractivity contribution in [3.63, 3.8) is 0 Å². The molecule has 1 aliphatic carbocycles. The largest absolute Gasteiger partial charge is 0.362 e. The second-order valence-electron chi connectivity index (χ2n) is 5.69. The van der Waals surface area contributed by atoms with Gasteiger partial charge in [0.2, 0.25) is 0 Å². The molecule has 1 unspecified atom stereocenters. The highest BCUT2D eigenvalue weighted by molar-refractivity contribution is 7.12. The topological polar surface area (TPSA) is 48.7 Å². The minimum Gasteiger partial charge on any atom is -0.362 e. The lowest BCUT2D eigenvalue weighted by Gasteiger charge is -2.16. The van der Waals surface area contributed by atoms with Gasteiger partial charge >= 0.3 is 0 Å². The van der Waals surface area contributed by atoms with Crippen LogP contribution in [-0.4, -0.2) is 4.98 Å². The van der Waals surface area contributed by atoms with Crippen LogP contribution in [0.1, 0.15) is 51.5 Å². The summed E-state index contributed by atoms with van der Waals surface area (Å²) in [6, 6.07) is 6.67. The maximum Gasteiger partial charge on any atom is 0.144 e. The van der Waals surface area contributed by atoms with E-state index in [0.29, 0.717) is 5.56 Å². The smallest absolute Gasteiger partial charge is 0.144 e. The Balaban J connectivity index is 1.91. The van der Waals surface area contributed by atoms with Gasteiger partial charge in [0.25, 0.3) is 0 Å². The molecule has 0 fully saturated rings. The van der Waals surface area contributed by atoms with Crippen LogP contribution in [0, 0.1) is 25.2 Å². The molecule has 0 bridgehead atoms. The fourth-order valence-corrected chi connectivity index (χ4v) is 4.05. The van der Waals surface area contributed by atoms with E-state index < -0.39 is 0 Å². The van der Waals surface area contributed by atoms with E-state index in [1.165, 1.54) is 20.9 Å². The molecule has 1 atom stereocenters. The summed E-state index contributed by atoms with van der Waals surface area (Å²) in [5.74, 6) is 0.730. The Morgan fingerprint density at radius 1 is 1.33 bits per heavy atom. The van der Waals surface area contributed by atoms with Crippen LogP contribution in [0.2, 0.25) is 0 Å². The Labute approximate surface area is 129 Å². The van der Waals surface area contributed by atoms with Crippen LogP contribution in [-0.2, 0) is 12.8 Å². The Morgan fingerprint density at radius 2 is 2.14 bits per heavy atom. The van der Waals surface area contributed by atoms with Crippen LogP contribution in [0.3, 0.4) is 0 Å². The van der Waals surface area contributed by atoms with Crippen molar-refractivity contribution < 1.29 is 0 Å². The molecule has 3 rings (SSSR count). The first-order chi connectivity index (χ1) is 10.1. The predicted octanol–water partition coefficient (Wildman–Crippen LogP) is 4.29. The molecule has 108 valence electrons. The average Bonchev–Trinajstić information content (AvgIpc) is 3.03. The van der Waals surface area contributed by atoms with Crippen LogP contribution in [0.5, 0.6) is 0 Å². The molecule has 4 heteroatoms. The van der Waals surface area contributed by atoms with E-state index in [1.54, 1.807) is 0 Å². The Morgan fingerprint density at radius 3 is 2.81 bits per heavy atom. The maximum atomic E-state index is 9.36. The van der Waals surface area contributed by atoms with Gasteiger partial charge in [-0.25, -0.2) is 4.98 Å². The molecule has 0 saturated heterocycles. The number of aromatic nitrogens is 1. The van der Waals surface area contributed by atoms with E-state index in [1.807, 2.05) is 17.4 Å². The highest BCUT2D eigenvalue weighted by Crippen LogP contribution is 2.30. The third kappa shape index (κ3) is 2.66.